The maximum Gasteiger partial charge on any atom is 0.276 e. The highest BCUT2D eigenvalue weighted by Gasteiger charge is 2.10. The molecule has 24 heavy (non-hydrogen) atoms. The third kappa shape index (κ3) is 4.83. The molecular formula is C18H19BrN2O3. The van der Waals surface area contributed by atoms with Crippen LogP contribution in [0.25, 0.3) is 0 Å². The molecule has 0 saturated heterocycles. The van der Waals surface area contributed by atoms with Gasteiger partial charge < -0.3 is 4.74 Å². The topological polar surface area (TPSA) is 67.4 Å². The predicted molar refractivity (Wildman–Crippen MR) is 95.8 cm³/mol. The van der Waals surface area contributed by atoms with Crippen molar-refractivity contribution in [3.63, 3.8) is 0 Å². The second-order valence-corrected chi connectivity index (χ2v) is 6.08. The molecular weight excluding hydrogens is 372 g/mol. The molecule has 0 aromatic heterocycles. The predicted octanol–water partition coefficient (Wildman–Crippen LogP) is 3.16. The largest absolute Gasteiger partial charge is 0.483 e. The van der Waals surface area contributed by atoms with Crippen LogP contribution >= 0.6 is 15.9 Å². The Morgan fingerprint density at radius 2 is 1.88 bits per heavy atom. The number of hydrogen-bond donors (Lipinski definition) is 2. The van der Waals surface area contributed by atoms with E-state index in [4.69, 9.17) is 4.74 Å². The van der Waals surface area contributed by atoms with Gasteiger partial charge in [-0.15, -0.1) is 0 Å². The van der Waals surface area contributed by atoms with Gasteiger partial charge in [-0.1, -0.05) is 31.2 Å². The Balaban J connectivity index is 1.84. The fraction of sp³-hybridized carbons (Fsp3) is 0.222. The van der Waals surface area contributed by atoms with Crippen molar-refractivity contribution in [2.75, 3.05) is 6.61 Å². The minimum Gasteiger partial charge on any atom is -0.483 e. The number of aryl methyl sites for hydroxylation is 2. The van der Waals surface area contributed by atoms with E-state index in [1.807, 2.05) is 37.3 Å². The van der Waals surface area contributed by atoms with Crippen LogP contribution < -0.4 is 15.6 Å². The molecule has 5 nitrogen and oxygen atoms in total. The first-order chi connectivity index (χ1) is 11.5. The van der Waals surface area contributed by atoms with Gasteiger partial charge in [0.05, 0.1) is 4.47 Å². The third-order valence-corrected chi connectivity index (χ3v) is 4.09. The molecule has 2 aromatic carbocycles. The zero-order chi connectivity index (χ0) is 17.5. The summed E-state index contributed by atoms with van der Waals surface area (Å²) in [5, 5.41) is 0. The normalized spacial score (nSPS) is 10.1. The number of carbonyl (C=O) groups excluding carboxylic acids is 2. The lowest BCUT2D eigenvalue weighted by molar-refractivity contribution is -0.123. The van der Waals surface area contributed by atoms with Crippen LogP contribution in [0.4, 0.5) is 0 Å². The summed E-state index contributed by atoms with van der Waals surface area (Å²) in [4.78, 5) is 23.8. The quantitative estimate of drug-likeness (QED) is 0.770. The number of nitrogens with one attached hydrogen (secondary N) is 2. The summed E-state index contributed by atoms with van der Waals surface area (Å²) in [5.41, 5.74) is 7.24. The molecule has 2 rings (SSSR count). The van der Waals surface area contributed by atoms with Gasteiger partial charge in [-0.2, -0.15) is 0 Å². The van der Waals surface area contributed by atoms with Crippen LogP contribution in [0, 0.1) is 6.92 Å². The fourth-order valence-electron chi connectivity index (χ4n) is 2.08. The van der Waals surface area contributed by atoms with Gasteiger partial charge in [-0.3, -0.25) is 20.4 Å². The Morgan fingerprint density at radius 1 is 1.12 bits per heavy atom. The van der Waals surface area contributed by atoms with Crippen molar-refractivity contribution >= 4 is 27.7 Å². The summed E-state index contributed by atoms with van der Waals surface area (Å²) >= 11 is 3.41. The molecule has 0 atom stereocenters. The van der Waals surface area contributed by atoms with Crippen LogP contribution in [0.15, 0.2) is 46.9 Å². The van der Waals surface area contributed by atoms with Gasteiger partial charge in [0.25, 0.3) is 11.8 Å². The van der Waals surface area contributed by atoms with E-state index in [0.29, 0.717) is 11.3 Å². The number of carbonyl (C=O) groups is 2. The summed E-state index contributed by atoms with van der Waals surface area (Å²) in [6.45, 7) is 3.70. The number of benzene rings is 2. The van der Waals surface area contributed by atoms with E-state index in [2.05, 4.69) is 33.7 Å². The van der Waals surface area contributed by atoms with E-state index in [1.165, 1.54) is 5.56 Å². The van der Waals surface area contributed by atoms with E-state index in [-0.39, 0.29) is 12.5 Å². The van der Waals surface area contributed by atoms with Gasteiger partial charge in [0.15, 0.2) is 6.61 Å². The minimum absolute atomic E-state index is 0.196. The van der Waals surface area contributed by atoms with Gasteiger partial charge in [0, 0.05) is 5.56 Å². The smallest absolute Gasteiger partial charge is 0.276 e. The molecule has 126 valence electrons. The van der Waals surface area contributed by atoms with Crippen molar-refractivity contribution in [1.82, 2.24) is 10.9 Å². The maximum atomic E-state index is 12.0. The summed E-state index contributed by atoms with van der Waals surface area (Å²) < 4.78 is 6.24. The minimum atomic E-state index is -0.441. The first-order valence-electron chi connectivity index (χ1n) is 7.57. The summed E-state index contributed by atoms with van der Waals surface area (Å²) in [5.74, 6) is -0.231. The summed E-state index contributed by atoms with van der Waals surface area (Å²) in [7, 11) is 0. The van der Waals surface area contributed by atoms with Gasteiger partial charge in [0.2, 0.25) is 0 Å². The number of rotatable bonds is 5. The molecule has 0 aliphatic heterocycles. The molecule has 0 saturated carbocycles. The Morgan fingerprint density at radius 3 is 2.54 bits per heavy atom. The molecule has 6 heteroatoms. The molecule has 0 aliphatic carbocycles. The second-order valence-electron chi connectivity index (χ2n) is 5.22. The van der Waals surface area contributed by atoms with Gasteiger partial charge in [0.1, 0.15) is 5.75 Å². The van der Waals surface area contributed by atoms with Gasteiger partial charge in [-0.25, -0.2) is 0 Å². The van der Waals surface area contributed by atoms with E-state index in [1.54, 1.807) is 12.1 Å². The third-order valence-electron chi connectivity index (χ3n) is 3.47. The highest BCUT2D eigenvalue weighted by Crippen LogP contribution is 2.26. The zero-order valence-corrected chi connectivity index (χ0v) is 15.1. The van der Waals surface area contributed by atoms with Crippen LogP contribution in [-0.2, 0) is 11.2 Å². The molecule has 0 fully saturated rings. The number of hydrogen-bond acceptors (Lipinski definition) is 3. The van der Waals surface area contributed by atoms with Crippen molar-refractivity contribution in [2.24, 2.45) is 0 Å². The van der Waals surface area contributed by atoms with Crippen molar-refractivity contribution in [2.45, 2.75) is 20.3 Å². The molecule has 0 heterocycles. The number of halogens is 1. The van der Waals surface area contributed by atoms with Crippen LogP contribution in [0.1, 0.15) is 28.4 Å². The first kappa shape index (κ1) is 18.0. The van der Waals surface area contributed by atoms with E-state index in [9.17, 15) is 9.59 Å². The average Bonchev–Trinajstić information content (AvgIpc) is 2.58. The highest BCUT2D eigenvalue weighted by atomic mass is 79.9. The Labute approximate surface area is 149 Å². The standard InChI is InChI=1S/C18H19BrN2O3/c1-3-13-8-9-16(15(19)10-13)24-11-17(22)20-21-18(23)14-7-5-4-6-12(14)2/h4-10H,3,11H2,1-2H3,(H,20,22)(H,21,23). The molecule has 0 spiro atoms. The molecule has 0 radical (unpaired) electrons. The SMILES string of the molecule is CCc1ccc(OCC(=O)NNC(=O)c2ccccc2C)c(Br)c1. The monoisotopic (exact) mass is 390 g/mol. The van der Waals surface area contributed by atoms with Crippen molar-refractivity contribution in [3.05, 3.63) is 63.6 Å². The van der Waals surface area contributed by atoms with Crippen molar-refractivity contribution in [3.8, 4) is 5.75 Å². The lowest BCUT2D eigenvalue weighted by atomic mass is 10.1. The van der Waals surface area contributed by atoms with Crippen molar-refractivity contribution < 1.29 is 14.3 Å². The lowest BCUT2D eigenvalue weighted by Gasteiger charge is -2.11. The highest BCUT2D eigenvalue weighted by molar-refractivity contribution is 9.10. The second kappa shape index (κ2) is 8.49. The summed E-state index contributed by atoms with van der Waals surface area (Å²) in [6, 6.07) is 12.8. The molecule has 2 N–H and O–H groups in total. The average molecular weight is 391 g/mol. The molecule has 0 unspecified atom stereocenters. The number of amides is 2. The maximum absolute atomic E-state index is 12.0. The Kier molecular flexibility index (Phi) is 6.37. The van der Waals surface area contributed by atoms with Crippen molar-refractivity contribution in [1.29, 1.82) is 0 Å². The van der Waals surface area contributed by atoms with Gasteiger partial charge in [-0.05, 0) is 58.6 Å². The van der Waals surface area contributed by atoms with Crippen LogP contribution in [0.5, 0.6) is 5.75 Å². The Bertz CT molecular complexity index is 747. The molecule has 0 aliphatic rings. The number of ether oxygens (including phenoxy) is 1. The fourth-order valence-corrected chi connectivity index (χ4v) is 2.62. The number of hydrazine groups is 1. The van der Waals surface area contributed by atoms with E-state index < -0.39 is 5.91 Å². The summed E-state index contributed by atoms with van der Waals surface area (Å²) in [6.07, 6.45) is 0.921. The Hall–Kier alpha value is -2.34. The van der Waals surface area contributed by atoms with Crippen LogP contribution in [0.3, 0.4) is 0 Å². The van der Waals surface area contributed by atoms with Crippen LogP contribution in [-0.4, -0.2) is 18.4 Å². The molecule has 2 amide bonds. The molecule has 0 bridgehead atoms. The lowest BCUT2D eigenvalue weighted by Crippen LogP contribution is -2.44. The van der Waals surface area contributed by atoms with Gasteiger partial charge >= 0.3 is 0 Å². The zero-order valence-electron chi connectivity index (χ0n) is 13.6. The first-order valence-corrected chi connectivity index (χ1v) is 8.36. The molecule has 2 aromatic rings. The van der Waals surface area contributed by atoms with E-state index >= 15 is 0 Å². The van der Waals surface area contributed by atoms with Crippen LogP contribution in [0.2, 0.25) is 0 Å². The van der Waals surface area contributed by atoms with E-state index in [0.717, 1.165) is 16.5 Å².